The van der Waals surface area contributed by atoms with E-state index in [-0.39, 0.29) is 11.1 Å². The molecule has 2 heterocycles. The van der Waals surface area contributed by atoms with Gasteiger partial charge in [-0.1, -0.05) is 42.4 Å². The quantitative estimate of drug-likeness (QED) is 0.885. The Kier molecular flexibility index (Phi) is 7.47. The Balaban J connectivity index is 0.000000269. The summed E-state index contributed by atoms with van der Waals surface area (Å²) < 4.78 is 5.68. The zero-order valence-electron chi connectivity index (χ0n) is 14.5. The van der Waals surface area contributed by atoms with Crippen LogP contribution in [0.5, 0.6) is 5.75 Å². The van der Waals surface area contributed by atoms with Crippen molar-refractivity contribution < 1.29 is 14.3 Å². The molecule has 0 bridgehead atoms. The maximum absolute atomic E-state index is 10.1. The largest absolute Gasteiger partial charge is 0.493 e. The van der Waals surface area contributed by atoms with E-state index >= 15 is 0 Å². The van der Waals surface area contributed by atoms with Crippen LogP contribution in [0.25, 0.3) is 0 Å². The number of carbonyl (C=O) groups is 2. The van der Waals surface area contributed by atoms with E-state index in [9.17, 15) is 9.59 Å². The molecular formula is C19H22N2O3S. The number of ether oxygens (including phenoxy) is 1. The number of hydrogen-bond acceptors (Lipinski definition) is 5. The molecule has 0 atom stereocenters. The van der Waals surface area contributed by atoms with Crippen molar-refractivity contribution in [3.8, 4) is 5.75 Å². The zero-order chi connectivity index (χ0) is 18.1. The second-order valence-corrected chi connectivity index (χ2v) is 6.50. The second kappa shape index (κ2) is 9.84. The lowest BCUT2D eigenvalue weighted by Crippen LogP contribution is -2.18. The van der Waals surface area contributed by atoms with Gasteiger partial charge in [-0.3, -0.25) is 19.9 Å². The number of amides is 2. The molecule has 1 aromatic heterocycles. The summed E-state index contributed by atoms with van der Waals surface area (Å²) in [6.45, 7) is 4.88. The monoisotopic (exact) mass is 358 g/mol. The van der Waals surface area contributed by atoms with Gasteiger partial charge in [-0.15, -0.1) is 0 Å². The lowest BCUT2D eigenvalue weighted by Gasteiger charge is -2.06. The molecule has 5 nitrogen and oxygen atoms in total. The van der Waals surface area contributed by atoms with E-state index in [1.54, 1.807) is 0 Å². The van der Waals surface area contributed by atoms with Crippen molar-refractivity contribution in [2.75, 3.05) is 12.4 Å². The molecule has 3 rings (SSSR count). The van der Waals surface area contributed by atoms with Crippen LogP contribution in [0.2, 0.25) is 0 Å². The summed E-state index contributed by atoms with van der Waals surface area (Å²) in [6.07, 6.45) is 3.83. The van der Waals surface area contributed by atoms with E-state index in [4.69, 9.17) is 4.74 Å². The molecule has 25 heavy (non-hydrogen) atoms. The van der Waals surface area contributed by atoms with E-state index in [1.807, 2.05) is 18.3 Å². The number of thioether (sulfide) groups is 1. The fraction of sp³-hybridized carbons (Fsp3) is 0.316. The van der Waals surface area contributed by atoms with Gasteiger partial charge in [0.05, 0.1) is 12.4 Å². The smallest absolute Gasteiger partial charge is 0.286 e. The number of imide groups is 1. The highest BCUT2D eigenvalue weighted by Gasteiger charge is 2.16. The third-order valence-corrected chi connectivity index (χ3v) is 4.29. The van der Waals surface area contributed by atoms with Crippen LogP contribution in [0.4, 0.5) is 4.79 Å². The number of hydrogen-bond donors (Lipinski definition) is 1. The summed E-state index contributed by atoms with van der Waals surface area (Å²) in [5.74, 6) is 1.03. The topological polar surface area (TPSA) is 68.3 Å². The van der Waals surface area contributed by atoms with Crippen LogP contribution in [0, 0.1) is 6.92 Å². The van der Waals surface area contributed by atoms with Crippen LogP contribution >= 0.6 is 11.8 Å². The Hall–Kier alpha value is -2.34. The average Bonchev–Trinajstić information content (AvgIpc) is 3.01. The minimum absolute atomic E-state index is 0.185. The maximum atomic E-state index is 10.1. The van der Waals surface area contributed by atoms with Crippen molar-refractivity contribution in [1.82, 2.24) is 10.3 Å². The van der Waals surface area contributed by atoms with E-state index < -0.39 is 0 Å². The molecule has 0 spiro atoms. The van der Waals surface area contributed by atoms with Crippen LogP contribution in [0.1, 0.15) is 23.7 Å². The van der Waals surface area contributed by atoms with Crippen LogP contribution in [0.3, 0.4) is 0 Å². The summed E-state index contributed by atoms with van der Waals surface area (Å²) in [7, 11) is 0. The standard InChI is InChI=1S/C16H19NO.C3H3NO2S/c1-3-14-6-7-15(17-12-14)10-11-18-16-8-4-13(2)5-9-16;5-2-1-7-3(6)4-2/h4-9,12H,3,10-11H2,1-2H3;1H2,(H,4,5,6). The molecule has 0 unspecified atom stereocenters. The lowest BCUT2D eigenvalue weighted by molar-refractivity contribution is -0.117. The molecule has 1 aliphatic rings. The van der Waals surface area contributed by atoms with Crippen LogP contribution < -0.4 is 10.1 Å². The summed E-state index contributed by atoms with van der Waals surface area (Å²) in [5, 5.41) is 1.87. The number of nitrogens with one attached hydrogen (secondary N) is 1. The van der Waals surface area contributed by atoms with Gasteiger partial charge in [-0.2, -0.15) is 0 Å². The predicted octanol–water partition coefficient (Wildman–Crippen LogP) is 3.54. The van der Waals surface area contributed by atoms with Crippen LogP contribution in [-0.2, 0) is 17.6 Å². The maximum Gasteiger partial charge on any atom is 0.286 e. The van der Waals surface area contributed by atoms with E-state index in [0.29, 0.717) is 12.4 Å². The first-order valence-electron chi connectivity index (χ1n) is 8.16. The minimum atomic E-state index is -0.231. The Morgan fingerprint density at radius 2 is 1.92 bits per heavy atom. The Morgan fingerprint density at radius 1 is 1.16 bits per heavy atom. The van der Waals surface area contributed by atoms with Gasteiger partial charge in [-0.05, 0) is 37.1 Å². The molecule has 1 aromatic carbocycles. The molecule has 1 N–H and O–H groups in total. The number of aromatic nitrogens is 1. The molecule has 1 aliphatic heterocycles. The van der Waals surface area contributed by atoms with Crippen molar-refractivity contribution >= 4 is 22.9 Å². The fourth-order valence-corrected chi connectivity index (χ4v) is 2.56. The van der Waals surface area contributed by atoms with Gasteiger partial charge in [-0.25, -0.2) is 0 Å². The SMILES string of the molecule is CCc1ccc(CCOc2ccc(C)cc2)nc1.O=C1CSC(=O)N1. The molecule has 0 aliphatic carbocycles. The van der Waals surface area contributed by atoms with E-state index in [1.165, 1.54) is 11.1 Å². The molecule has 6 heteroatoms. The summed E-state index contributed by atoms with van der Waals surface area (Å²) >= 11 is 1.01. The van der Waals surface area contributed by atoms with Gasteiger partial charge in [0.2, 0.25) is 5.91 Å². The first-order chi connectivity index (χ1) is 12.1. The number of aryl methyl sites for hydroxylation is 2. The normalized spacial score (nSPS) is 13.0. The second-order valence-electron chi connectivity index (χ2n) is 5.55. The van der Waals surface area contributed by atoms with Crippen LogP contribution in [-0.4, -0.2) is 28.5 Å². The molecule has 2 amide bonds. The highest BCUT2D eigenvalue weighted by atomic mass is 32.2. The van der Waals surface area contributed by atoms with Crippen LogP contribution in [0.15, 0.2) is 42.6 Å². The summed E-state index contributed by atoms with van der Waals surface area (Å²) in [6, 6.07) is 12.3. The Morgan fingerprint density at radius 3 is 2.40 bits per heavy atom. The number of pyridine rings is 1. The zero-order valence-corrected chi connectivity index (χ0v) is 15.3. The molecular weight excluding hydrogens is 336 g/mol. The molecule has 0 radical (unpaired) electrons. The molecule has 1 saturated heterocycles. The third-order valence-electron chi connectivity index (χ3n) is 3.52. The van der Waals surface area contributed by atoms with Crippen molar-refractivity contribution in [3.05, 3.63) is 59.4 Å². The van der Waals surface area contributed by atoms with E-state index in [2.05, 4.69) is 48.4 Å². The fourth-order valence-electron chi connectivity index (χ4n) is 2.04. The average molecular weight is 358 g/mol. The van der Waals surface area contributed by atoms with Crippen molar-refractivity contribution in [3.63, 3.8) is 0 Å². The lowest BCUT2D eigenvalue weighted by atomic mass is 10.2. The van der Waals surface area contributed by atoms with Gasteiger partial charge in [0, 0.05) is 18.3 Å². The van der Waals surface area contributed by atoms with Gasteiger partial charge in [0.1, 0.15) is 5.75 Å². The summed E-state index contributed by atoms with van der Waals surface area (Å²) in [4.78, 5) is 24.6. The first-order valence-corrected chi connectivity index (χ1v) is 9.15. The third kappa shape index (κ3) is 6.97. The van der Waals surface area contributed by atoms with Gasteiger partial charge >= 0.3 is 0 Å². The number of carbonyl (C=O) groups excluding carboxylic acids is 2. The first kappa shape index (κ1) is 19.0. The minimum Gasteiger partial charge on any atom is -0.493 e. The number of nitrogens with zero attached hydrogens (tertiary/aromatic N) is 1. The van der Waals surface area contributed by atoms with Crippen molar-refractivity contribution in [2.24, 2.45) is 0 Å². The highest BCUT2D eigenvalue weighted by Crippen LogP contribution is 2.12. The van der Waals surface area contributed by atoms with E-state index in [0.717, 1.165) is 36.0 Å². The van der Waals surface area contributed by atoms with Gasteiger partial charge < -0.3 is 4.74 Å². The Labute approximate surface area is 152 Å². The van der Waals surface area contributed by atoms with Gasteiger partial charge in [0.25, 0.3) is 5.24 Å². The predicted molar refractivity (Wildman–Crippen MR) is 100.0 cm³/mol. The molecule has 2 aromatic rings. The molecule has 1 fully saturated rings. The molecule has 0 saturated carbocycles. The number of benzene rings is 1. The number of rotatable bonds is 5. The Bertz CT molecular complexity index is 686. The van der Waals surface area contributed by atoms with Crippen molar-refractivity contribution in [2.45, 2.75) is 26.7 Å². The van der Waals surface area contributed by atoms with Gasteiger partial charge in [0.15, 0.2) is 0 Å². The molecule has 132 valence electrons. The van der Waals surface area contributed by atoms with Crippen molar-refractivity contribution in [1.29, 1.82) is 0 Å². The summed E-state index contributed by atoms with van der Waals surface area (Å²) in [5.41, 5.74) is 3.61. The highest BCUT2D eigenvalue weighted by molar-refractivity contribution is 8.14.